The van der Waals surface area contributed by atoms with Crippen molar-refractivity contribution < 1.29 is 14.3 Å². The summed E-state index contributed by atoms with van der Waals surface area (Å²) in [6.45, 7) is 11.9. The summed E-state index contributed by atoms with van der Waals surface area (Å²) in [5.74, 6) is 1.35. The van der Waals surface area contributed by atoms with E-state index in [9.17, 15) is 4.79 Å². The molecule has 7 heteroatoms. The van der Waals surface area contributed by atoms with Crippen molar-refractivity contribution in [1.29, 1.82) is 0 Å². The van der Waals surface area contributed by atoms with Gasteiger partial charge in [-0.15, -0.1) is 0 Å². The summed E-state index contributed by atoms with van der Waals surface area (Å²) in [5.41, 5.74) is 4.20. The second kappa shape index (κ2) is 9.71. The van der Waals surface area contributed by atoms with Gasteiger partial charge < -0.3 is 14.4 Å². The van der Waals surface area contributed by atoms with Crippen molar-refractivity contribution in [1.82, 2.24) is 9.88 Å². The Balaban J connectivity index is 1.61. The first-order chi connectivity index (χ1) is 15.5. The first-order valence-electron chi connectivity index (χ1n) is 11.0. The van der Waals surface area contributed by atoms with E-state index in [1.807, 2.05) is 24.3 Å². The van der Waals surface area contributed by atoms with Gasteiger partial charge in [-0.25, -0.2) is 4.98 Å². The Morgan fingerprint density at radius 2 is 1.88 bits per heavy atom. The SMILES string of the molecule is CCN(CC)CCN(C(=O)/C=C/c1ccc2c(c1)OCO2)c1nc2c(C)cc(C)cc2s1. The van der Waals surface area contributed by atoms with Crippen LogP contribution >= 0.6 is 11.3 Å². The molecule has 1 aliphatic rings. The van der Waals surface area contributed by atoms with Crippen molar-refractivity contribution in [2.75, 3.05) is 37.9 Å². The van der Waals surface area contributed by atoms with Crippen molar-refractivity contribution in [3.8, 4) is 11.5 Å². The Labute approximate surface area is 193 Å². The van der Waals surface area contributed by atoms with E-state index in [1.54, 1.807) is 22.3 Å². The standard InChI is InChI=1S/C25H29N3O3S/c1-5-27(6-2)11-12-28(25-26-24-18(4)13-17(3)14-22(24)32-25)23(29)10-8-19-7-9-20-21(15-19)31-16-30-20/h7-10,13-15H,5-6,11-12,16H2,1-4H3/b10-8+. The highest BCUT2D eigenvalue weighted by Gasteiger charge is 2.20. The molecule has 32 heavy (non-hydrogen) atoms. The first-order valence-corrected chi connectivity index (χ1v) is 11.8. The van der Waals surface area contributed by atoms with E-state index in [4.69, 9.17) is 14.5 Å². The number of benzene rings is 2. The molecule has 1 aliphatic heterocycles. The van der Waals surface area contributed by atoms with Crippen molar-refractivity contribution in [3.63, 3.8) is 0 Å². The van der Waals surface area contributed by atoms with Gasteiger partial charge in [0.25, 0.3) is 5.91 Å². The van der Waals surface area contributed by atoms with Crippen LogP contribution in [0.3, 0.4) is 0 Å². The summed E-state index contributed by atoms with van der Waals surface area (Å²) >= 11 is 1.57. The number of thiazole rings is 1. The Morgan fingerprint density at radius 1 is 1.09 bits per heavy atom. The molecule has 2 heterocycles. The Kier molecular flexibility index (Phi) is 6.77. The largest absolute Gasteiger partial charge is 0.454 e. The van der Waals surface area contributed by atoms with Crippen LogP contribution in [0.25, 0.3) is 16.3 Å². The number of aromatic nitrogens is 1. The van der Waals surface area contributed by atoms with Crippen LogP contribution in [-0.4, -0.2) is 48.8 Å². The van der Waals surface area contributed by atoms with E-state index in [-0.39, 0.29) is 12.7 Å². The molecule has 0 spiro atoms. The number of carbonyl (C=O) groups excluding carboxylic acids is 1. The molecule has 0 aliphatic carbocycles. The zero-order chi connectivity index (χ0) is 22.7. The Morgan fingerprint density at radius 3 is 2.66 bits per heavy atom. The lowest BCUT2D eigenvalue weighted by atomic mass is 10.1. The predicted molar refractivity (Wildman–Crippen MR) is 131 cm³/mol. The number of amides is 1. The van der Waals surface area contributed by atoms with Gasteiger partial charge in [0.05, 0.1) is 10.2 Å². The molecular formula is C25H29N3O3S. The van der Waals surface area contributed by atoms with Crippen LogP contribution in [0.2, 0.25) is 0 Å². The van der Waals surface area contributed by atoms with Crippen molar-refractivity contribution in [2.24, 2.45) is 0 Å². The number of hydrogen-bond donors (Lipinski definition) is 0. The topological polar surface area (TPSA) is 54.9 Å². The molecule has 0 saturated carbocycles. The number of likely N-dealkylation sites (N-methyl/N-ethyl adjacent to an activating group) is 1. The van der Waals surface area contributed by atoms with Gasteiger partial charge in [0.1, 0.15) is 0 Å². The normalized spacial score (nSPS) is 12.9. The smallest absolute Gasteiger partial charge is 0.252 e. The maximum absolute atomic E-state index is 13.3. The maximum Gasteiger partial charge on any atom is 0.252 e. The molecule has 0 N–H and O–H groups in total. The van der Waals surface area contributed by atoms with Crippen molar-refractivity contribution in [2.45, 2.75) is 27.7 Å². The molecule has 4 rings (SSSR count). The minimum atomic E-state index is -0.0803. The second-order valence-corrected chi connectivity index (χ2v) is 8.90. The van der Waals surface area contributed by atoms with Crippen LogP contribution in [0.15, 0.2) is 36.4 Å². The fourth-order valence-electron chi connectivity index (χ4n) is 3.83. The Hall–Kier alpha value is -2.90. The van der Waals surface area contributed by atoms with E-state index >= 15 is 0 Å². The summed E-state index contributed by atoms with van der Waals surface area (Å²) in [6.07, 6.45) is 3.43. The number of carbonyl (C=O) groups is 1. The molecule has 168 valence electrons. The minimum absolute atomic E-state index is 0.0803. The van der Waals surface area contributed by atoms with Gasteiger partial charge in [-0.05, 0) is 67.9 Å². The molecular weight excluding hydrogens is 422 g/mol. The summed E-state index contributed by atoms with van der Waals surface area (Å²) < 4.78 is 11.9. The molecule has 1 amide bonds. The number of hydrogen-bond acceptors (Lipinski definition) is 6. The van der Waals surface area contributed by atoms with E-state index in [0.717, 1.165) is 51.9 Å². The quantitative estimate of drug-likeness (QED) is 0.450. The summed E-state index contributed by atoms with van der Waals surface area (Å²) in [6, 6.07) is 9.94. The fraction of sp³-hybridized carbons (Fsp3) is 0.360. The second-order valence-electron chi connectivity index (χ2n) is 7.89. The average molecular weight is 452 g/mol. The Bertz CT molecular complexity index is 1150. The van der Waals surface area contributed by atoms with Crippen LogP contribution in [0, 0.1) is 13.8 Å². The third kappa shape index (κ3) is 4.79. The number of fused-ring (bicyclic) bond motifs is 2. The first kappa shape index (κ1) is 22.3. The third-order valence-corrected chi connectivity index (χ3v) is 6.69. The van der Waals surface area contributed by atoms with Crippen molar-refractivity contribution >= 4 is 38.7 Å². The van der Waals surface area contributed by atoms with Crippen LogP contribution in [0.4, 0.5) is 5.13 Å². The monoisotopic (exact) mass is 451 g/mol. The lowest BCUT2D eigenvalue weighted by Gasteiger charge is -2.23. The molecule has 0 saturated heterocycles. The molecule has 6 nitrogen and oxygen atoms in total. The zero-order valence-corrected chi connectivity index (χ0v) is 19.9. The van der Waals surface area contributed by atoms with Gasteiger partial charge >= 0.3 is 0 Å². The molecule has 0 radical (unpaired) electrons. The molecule has 1 aromatic heterocycles. The molecule has 2 aromatic carbocycles. The molecule has 0 fully saturated rings. The minimum Gasteiger partial charge on any atom is -0.454 e. The summed E-state index contributed by atoms with van der Waals surface area (Å²) in [5, 5.41) is 0.737. The average Bonchev–Trinajstić information content (AvgIpc) is 3.41. The lowest BCUT2D eigenvalue weighted by molar-refractivity contribution is -0.114. The number of aryl methyl sites for hydroxylation is 2. The summed E-state index contributed by atoms with van der Waals surface area (Å²) in [7, 11) is 0. The molecule has 0 unspecified atom stereocenters. The third-order valence-electron chi connectivity index (χ3n) is 5.66. The van der Waals surface area contributed by atoms with E-state index in [0.29, 0.717) is 12.3 Å². The number of ether oxygens (including phenoxy) is 2. The van der Waals surface area contributed by atoms with Gasteiger partial charge in [-0.3, -0.25) is 9.69 Å². The maximum atomic E-state index is 13.3. The highest BCUT2D eigenvalue weighted by atomic mass is 32.1. The fourth-order valence-corrected chi connectivity index (χ4v) is 5.00. The van der Waals surface area contributed by atoms with Crippen LogP contribution in [-0.2, 0) is 4.79 Å². The highest BCUT2D eigenvalue weighted by Crippen LogP contribution is 2.34. The summed E-state index contributed by atoms with van der Waals surface area (Å²) in [4.78, 5) is 22.2. The number of nitrogens with zero attached hydrogens (tertiary/aromatic N) is 3. The van der Waals surface area contributed by atoms with Crippen molar-refractivity contribution in [3.05, 3.63) is 53.1 Å². The van der Waals surface area contributed by atoms with E-state index in [2.05, 4.69) is 44.7 Å². The van der Waals surface area contributed by atoms with Gasteiger partial charge in [0.2, 0.25) is 6.79 Å². The highest BCUT2D eigenvalue weighted by molar-refractivity contribution is 7.22. The molecule has 3 aromatic rings. The van der Waals surface area contributed by atoms with Crippen LogP contribution < -0.4 is 14.4 Å². The zero-order valence-electron chi connectivity index (χ0n) is 19.1. The van der Waals surface area contributed by atoms with E-state index in [1.165, 1.54) is 5.56 Å². The number of rotatable bonds is 8. The molecule has 0 bridgehead atoms. The van der Waals surface area contributed by atoms with Crippen LogP contribution in [0.1, 0.15) is 30.5 Å². The molecule has 0 atom stereocenters. The lowest BCUT2D eigenvalue weighted by Crippen LogP contribution is -2.38. The van der Waals surface area contributed by atoms with Gasteiger partial charge in [-0.2, -0.15) is 0 Å². The van der Waals surface area contributed by atoms with Crippen LogP contribution in [0.5, 0.6) is 11.5 Å². The van der Waals surface area contributed by atoms with Gasteiger partial charge in [0.15, 0.2) is 16.6 Å². The number of anilines is 1. The van der Waals surface area contributed by atoms with Gasteiger partial charge in [0, 0.05) is 19.2 Å². The van der Waals surface area contributed by atoms with E-state index < -0.39 is 0 Å². The predicted octanol–water partition coefficient (Wildman–Crippen LogP) is 5.03. The van der Waals surface area contributed by atoms with Gasteiger partial charge in [-0.1, -0.05) is 37.3 Å².